The molecule has 0 radical (unpaired) electrons. The molecule has 0 aliphatic carbocycles. The fourth-order valence-corrected chi connectivity index (χ4v) is 2.98. The lowest BCUT2D eigenvalue weighted by Gasteiger charge is -2.17. The Morgan fingerprint density at radius 3 is 2.38 bits per heavy atom. The number of benzene rings is 1. The summed E-state index contributed by atoms with van der Waals surface area (Å²) in [4.78, 5) is 11.3. The predicted octanol–water partition coefficient (Wildman–Crippen LogP) is 1.15. The summed E-state index contributed by atoms with van der Waals surface area (Å²) >= 11 is 0. The molecule has 0 aromatic heterocycles. The summed E-state index contributed by atoms with van der Waals surface area (Å²) in [6.07, 6.45) is 0. The predicted molar refractivity (Wildman–Crippen MR) is 80.4 cm³/mol. The Balaban J connectivity index is 2.92. The lowest BCUT2D eigenvalue weighted by Crippen LogP contribution is -2.32. The summed E-state index contributed by atoms with van der Waals surface area (Å²) in [7, 11) is -1.12. The van der Waals surface area contributed by atoms with Crippen LogP contribution in [-0.4, -0.2) is 45.9 Å². The van der Waals surface area contributed by atoms with Crippen molar-refractivity contribution in [2.45, 2.75) is 24.8 Å². The smallest absolute Gasteiger partial charge is 0.321 e. The first-order chi connectivity index (χ1) is 9.82. The number of sulfonamides is 1. The zero-order chi connectivity index (χ0) is 16.0. The maximum atomic E-state index is 12.3. The number of ether oxygens (including phenoxy) is 1. The van der Waals surface area contributed by atoms with Crippen LogP contribution in [0.15, 0.2) is 29.2 Å². The van der Waals surface area contributed by atoms with Gasteiger partial charge in [-0.25, -0.2) is 8.42 Å². The van der Waals surface area contributed by atoms with E-state index < -0.39 is 16.0 Å². The van der Waals surface area contributed by atoms with Crippen LogP contribution < -0.4 is 5.32 Å². The van der Waals surface area contributed by atoms with Gasteiger partial charge in [-0.3, -0.25) is 4.79 Å². The first-order valence-electron chi connectivity index (χ1n) is 6.69. The molecule has 0 heterocycles. The minimum absolute atomic E-state index is 0.152. The Morgan fingerprint density at radius 1 is 1.33 bits per heavy atom. The molecular formula is C14H22N2O4S. The van der Waals surface area contributed by atoms with E-state index in [1.54, 1.807) is 24.3 Å². The van der Waals surface area contributed by atoms with Gasteiger partial charge in [0.05, 0.1) is 12.0 Å². The van der Waals surface area contributed by atoms with Crippen molar-refractivity contribution in [3.63, 3.8) is 0 Å². The summed E-state index contributed by atoms with van der Waals surface area (Å²) in [5, 5.41) is 3.26. The maximum Gasteiger partial charge on any atom is 0.321 e. The Morgan fingerprint density at radius 2 is 1.90 bits per heavy atom. The molecule has 21 heavy (non-hydrogen) atoms. The molecule has 1 aromatic carbocycles. The third kappa shape index (κ3) is 4.52. The van der Waals surface area contributed by atoms with Crippen LogP contribution in [0.1, 0.15) is 25.5 Å². The fourth-order valence-electron chi connectivity index (χ4n) is 1.86. The first kappa shape index (κ1) is 17.6. The van der Waals surface area contributed by atoms with E-state index in [1.807, 2.05) is 13.8 Å². The Hall–Kier alpha value is -1.44. The molecule has 118 valence electrons. The highest BCUT2D eigenvalue weighted by atomic mass is 32.2. The zero-order valence-electron chi connectivity index (χ0n) is 12.8. The fraction of sp³-hybridized carbons (Fsp3) is 0.500. The van der Waals surface area contributed by atoms with E-state index in [2.05, 4.69) is 10.1 Å². The molecule has 0 amide bonds. The molecule has 6 nitrogen and oxygen atoms in total. The van der Waals surface area contributed by atoms with Gasteiger partial charge in [-0.15, -0.1) is 0 Å². The summed E-state index contributed by atoms with van der Waals surface area (Å²) in [6.45, 7) is 4.55. The molecule has 0 saturated carbocycles. The molecule has 1 aromatic rings. The number of hydrogen-bond donors (Lipinski definition) is 1. The Labute approximate surface area is 126 Å². The summed E-state index contributed by atoms with van der Waals surface area (Å²) in [6, 6.07) is 6.79. The normalized spacial score (nSPS) is 13.2. The third-order valence-corrected chi connectivity index (χ3v) is 5.00. The van der Waals surface area contributed by atoms with Crippen LogP contribution in [0.3, 0.4) is 0 Å². The van der Waals surface area contributed by atoms with Crippen LogP contribution >= 0.6 is 0 Å². The molecule has 0 fully saturated rings. The second kappa shape index (κ2) is 7.53. The monoisotopic (exact) mass is 314 g/mol. The van der Waals surface area contributed by atoms with Crippen molar-refractivity contribution in [3.05, 3.63) is 29.8 Å². The van der Waals surface area contributed by atoms with Gasteiger partial charge in [-0.1, -0.05) is 19.1 Å². The van der Waals surface area contributed by atoms with E-state index in [0.29, 0.717) is 0 Å². The highest BCUT2D eigenvalue weighted by molar-refractivity contribution is 7.89. The quantitative estimate of drug-likeness (QED) is 0.764. The molecule has 0 spiro atoms. The molecule has 1 atom stereocenters. The molecule has 0 aliphatic heterocycles. The highest BCUT2D eigenvalue weighted by Crippen LogP contribution is 2.18. The van der Waals surface area contributed by atoms with Crippen LogP contribution in [0.2, 0.25) is 0 Å². The second-order valence-electron chi connectivity index (χ2n) is 4.69. The minimum atomic E-state index is -3.69. The van der Waals surface area contributed by atoms with Crippen LogP contribution in [0.25, 0.3) is 0 Å². The lowest BCUT2D eigenvalue weighted by molar-refractivity contribution is -0.140. The third-order valence-electron chi connectivity index (χ3n) is 3.18. The maximum absolute atomic E-state index is 12.3. The molecule has 0 aliphatic rings. The molecule has 1 N–H and O–H groups in total. The number of methoxy groups -OCH3 is 1. The van der Waals surface area contributed by atoms with E-state index >= 15 is 0 Å². The van der Waals surface area contributed by atoms with Crippen molar-refractivity contribution in [3.8, 4) is 0 Å². The first-order valence-corrected chi connectivity index (χ1v) is 8.13. The molecule has 1 rings (SSSR count). The second-order valence-corrected chi connectivity index (χ2v) is 6.73. The van der Waals surface area contributed by atoms with Crippen LogP contribution in [0, 0.1) is 0 Å². The minimum Gasteiger partial charge on any atom is -0.468 e. The van der Waals surface area contributed by atoms with E-state index in [9.17, 15) is 13.2 Å². The van der Waals surface area contributed by atoms with Crippen LogP contribution in [0.5, 0.6) is 0 Å². The van der Waals surface area contributed by atoms with E-state index in [1.165, 1.54) is 14.2 Å². The van der Waals surface area contributed by atoms with Gasteiger partial charge in [0, 0.05) is 13.1 Å². The van der Waals surface area contributed by atoms with Gasteiger partial charge in [0.1, 0.15) is 6.54 Å². The van der Waals surface area contributed by atoms with Gasteiger partial charge in [0.25, 0.3) is 0 Å². The van der Waals surface area contributed by atoms with Crippen LogP contribution in [-0.2, 0) is 19.6 Å². The van der Waals surface area contributed by atoms with Crippen molar-refractivity contribution in [1.82, 2.24) is 9.62 Å². The molecular weight excluding hydrogens is 292 g/mol. The molecule has 0 bridgehead atoms. The van der Waals surface area contributed by atoms with E-state index in [-0.39, 0.29) is 17.5 Å². The number of carbonyl (C=O) groups is 1. The average Bonchev–Trinajstić information content (AvgIpc) is 2.47. The standard InChI is InChI=1S/C14H22N2O4S/c1-5-15-11(2)12-6-8-13(9-7-12)21(18,19)16(3)10-14(17)20-4/h6-9,11,15H,5,10H2,1-4H3. The number of esters is 1. The van der Waals surface area contributed by atoms with Gasteiger partial charge in [-0.2, -0.15) is 4.31 Å². The van der Waals surface area contributed by atoms with Gasteiger partial charge in [0.15, 0.2) is 0 Å². The molecule has 7 heteroatoms. The number of carbonyl (C=O) groups excluding carboxylic acids is 1. The topological polar surface area (TPSA) is 75.7 Å². The van der Waals surface area contributed by atoms with Gasteiger partial charge >= 0.3 is 5.97 Å². The lowest BCUT2D eigenvalue weighted by atomic mass is 10.1. The van der Waals surface area contributed by atoms with Crippen molar-refractivity contribution < 1.29 is 17.9 Å². The van der Waals surface area contributed by atoms with Gasteiger partial charge in [-0.05, 0) is 31.2 Å². The number of likely N-dealkylation sites (N-methyl/N-ethyl adjacent to an activating group) is 1. The number of rotatable bonds is 7. The average molecular weight is 314 g/mol. The van der Waals surface area contributed by atoms with E-state index in [4.69, 9.17) is 0 Å². The van der Waals surface area contributed by atoms with Crippen molar-refractivity contribution in [2.75, 3.05) is 27.2 Å². The van der Waals surface area contributed by atoms with E-state index in [0.717, 1.165) is 16.4 Å². The van der Waals surface area contributed by atoms with Gasteiger partial charge in [0.2, 0.25) is 10.0 Å². The summed E-state index contributed by atoms with van der Waals surface area (Å²) in [5.41, 5.74) is 1.01. The summed E-state index contributed by atoms with van der Waals surface area (Å²) < 4.78 is 30.0. The van der Waals surface area contributed by atoms with Crippen molar-refractivity contribution in [1.29, 1.82) is 0 Å². The van der Waals surface area contributed by atoms with Crippen LogP contribution in [0.4, 0.5) is 0 Å². The summed E-state index contributed by atoms with van der Waals surface area (Å²) in [5.74, 6) is -0.599. The van der Waals surface area contributed by atoms with Gasteiger partial charge < -0.3 is 10.1 Å². The van der Waals surface area contributed by atoms with Crippen molar-refractivity contribution >= 4 is 16.0 Å². The Kier molecular flexibility index (Phi) is 6.32. The SMILES string of the molecule is CCNC(C)c1ccc(S(=O)(=O)N(C)CC(=O)OC)cc1. The Bertz CT molecular complexity index is 569. The number of nitrogens with zero attached hydrogens (tertiary/aromatic N) is 1. The highest BCUT2D eigenvalue weighted by Gasteiger charge is 2.23. The van der Waals surface area contributed by atoms with Crippen molar-refractivity contribution in [2.24, 2.45) is 0 Å². The number of hydrogen-bond acceptors (Lipinski definition) is 5. The number of nitrogens with one attached hydrogen (secondary N) is 1. The zero-order valence-corrected chi connectivity index (χ0v) is 13.6. The largest absolute Gasteiger partial charge is 0.468 e. The molecule has 0 saturated heterocycles. The molecule has 1 unspecified atom stereocenters.